The number of benzene rings is 1. The number of nitrogens with one attached hydrogen (secondary N) is 1. The SMILES string of the molecule is CC1(C)CN(C(=O)Cn2c(=O)c(C(=O)NCc3ccc(Cl)cc3)cc3nc(N4CCN(C(CN)C(=O)O)C4=O)cnc32)C1. The van der Waals surface area contributed by atoms with Crippen molar-refractivity contribution >= 4 is 52.4 Å². The molecule has 4 amide bonds. The van der Waals surface area contributed by atoms with Crippen molar-refractivity contribution in [3.63, 3.8) is 0 Å². The normalized spacial score (nSPS) is 16.7. The number of hydrogen-bond acceptors (Lipinski definition) is 8. The molecule has 0 radical (unpaired) electrons. The second-order valence-corrected chi connectivity index (χ2v) is 11.8. The van der Waals surface area contributed by atoms with E-state index >= 15 is 0 Å². The standard InChI is InChI=1S/C28H31ClN8O6/c1-28(2)14-34(15-28)22(38)13-37-23-19(9-18(25(37)40)24(39)32-11-16-3-5-17(29)6-4-16)33-21(12-31-23)36-8-7-35(27(36)43)20(10-30)26(41)42/h3-6,9,12,20H,7-8,10-11,13-15,30H2,1-2H3,(H,32,39)(H,41,42). The van der Waals surface area contributed by atoms with E-state index in [-0.39, 0.29) is 66.6 Å². The third-order valence-electron chi connectivity index (χ3n) is 7.48. The van der Waals surface area contributed by atoms with Crippen LogP contribution < -0.4 is 21.5 Å². The minimum Gasteiger partial charge on any atom is -0.480 e. The second-order valence-electron chi connectivity index (χ2n) is 11.3. The molecule has 2 fully saturated rings. The summed E-state index contributed by atoms with van der Waals surface area (Å²) < 4.78 is 1.12. The van der Waals surface area contributed by atoms with Crippen molar-refractivity contribution < 1.29 is 24.3 Å². The number of rotatable bonds is 9. The predicted molar refractivity (Wildman–Crippen MR) is 157 cm³/mol. The molecule has 2 aliphatic rings. The predicted octanol–water partition coefficient (Wildman–Crippen LogP) is 0.897. The first-order valence-corrected chi connectivity index (χ1v) is 14.0. The van der Waals surface area contributed by atoms with Gasteiger partial charge in [0.25, 0.3) is 11.5 Å². The van der Waals surface area contributed by atoms with Gasteiger partial charge in [-0.3, -0.25) is 23.9 Å². The largest absolute Gasteiger partial charge is 0.480 e. The van der Waals surface area contributed by atoms with Gasteiger partial charge in [-0.05, 0) is 29.2 Å². The average Bonchev–Trinajstić information content (AvgIpc) is 3.33. The van der Waals surface area contributed by atoms with Gasteiger partial charge < -0.3 is 26.0 Å². The van der Waals surface area contributed by atoms with Gasteiger partial charge in [0.1, 0.15) is 23.7 Å². The molecule has 1 aromatic carbocycles. The summed E-state index contributed by atoms with van der Waals surface area (Å²) in [7, 11) is 0. The third-order valence-corrected chi connectivity index (χ3v) is 7.73. The number of carbonyl (C=O) groups excluding carboxylic acids is 3. The van der Waals surface area contributed by atoms with Crippen LogP contribution in [0.5, 0.6) is 0 Å². The number of carboxylic acids is 1. The molecular weight excluding hydrogens is 580 g/mol. The molecule has 43 heavy (non-hydrogen) atoms. The van der Waals surface area contributed by atoms with Crippen molar-refractivity contribution in [2.24, 2.45) is 11.1 Å². The number of fused-ring (bicyclic) bond motifs is 1. The zero-order chi connectivity index (χ0) is 31.1. The molecule has 2 aromatic heterocycles. The van der Waals surface area contributed by atoms with E-state index in [1.807, 2.05) is 13.8 Å². The van der Waals surface area contributed by atoms with Crippen LogP contribution >= 0.6 is 11.6 Å². The molecule has 226 valence electrons. The van der Waals surface area contributed by atoms with Crippen LogP contribution in [0.1, 0.15) is 29.8 Å². The van der Waals surface area contributed by atoms with Crippen molar-refractivity contribution in [1.82, 2.24) is 29.7 Å². The van der Waals surface area contributed by atoms with Gasteiger partial charge in [0, 0.05) is 44.3 Å². The van der Waals surface area contributed by atoms with Gasteiger partial charge in [-0.1, -0.05) is 37.6 Å². The lowest BCUT2D eigenvalue weighted by atomic mass is 9.84. The van der Waals surface area contributed by atoms with Gasteiger partial charge in [-0.15, -0.1) is 0 Å². The molecule has 0 aliphatic carbocycles. The van der Waals surface area contributed by atoms with E-state index in [0.717, 1.165) is 15.0 Å². The molecule has 4 N–H and O–H groups in total. The molecule has 4 heterocycles. The van der Waals surface area contributed by atoms with Crippen molar-refractivity contribution in [1.29, 1.82) is 0 Å². The summed E-state index contributed by atoms with van der Waals surface area (Å²) >= 11 is 5.94. The third kappa shape index (κ3) is 6.01. The lowest BCUT2D eigenvalue weighted by molar-refractivity contribution is -0.142. The molecule has 5 rings (SSSR count). The van der Waals surface area contributed by atoms with Crippen molar-refractivity contribution in [2.45, 2.75) is 33.0 Å². The van der Waals surface area contributed by atoms with E-state index in [2.05, 4.69) is 15.3 Å². The Balaban J connectivity index is 1.49. The summed E-state index contributed by atoms with van der Waals surface area (Å²) in [6.07, 6.45) is 1.27. The fourth-order valence-electron chi connectivity index (χ4n) is 5.27. The van der Waals surface area contributed by atoms with Crippen LogP contribution in [-0.2, 0) is 22.7 Å². The van der Waals surface area contributed by atoms with Crippen molar-refractivity contribution in [3.8, 4) is 0 Å². The molecule has 1 unspecified atom stereocenters. The van der Waals surface area contributed by atoms with E-state index < -0.39 is 29.5 Å². The molecule has 2 aliphatic heterocycles. The van der Waals surface area contributed by atoms with E-state index in [1.54, 1.807) is 29.2 Å². The van der Waals surface area contributed by atoms with Crippen LogP contribution in [0.4, 0.5) is 10.6 Å². The molecule has 0 saturated carbocycles. The van der Waals surface area contributed by atoms with E-state index in [4.69, 9.17) is 17.3 Å². The molecule has 0 spiro atoms. The lowest BCUT2D eigenvalue weighted by Gasteiger charge is -2.45. The molecule has 2 saturated heterocycles. The Bertz CT molecular complexity index is 1670. The second kappa shape index (κ2) is 11.6. The number of anilines is 1. The number of halogens is 1. The van der Waals surface area contributed by atoms with Gasteiger partial charge >= 0.3 is 12.0 Å². The van der Waals surface area contributed by atoms with Crippen LogP contribution in [0, 0.1) is 5.41 Å². The quantitative estimate of drug-likeness (QED) is 0.317. The van der Waals surface area contributed by atoms with Crippen molar-refractivity contribution in [2.75, 3.05) is 37.6 Å². The number of aromatic nitrogens is 3. The van der Waals surface area contributed by atoms with Crippen LogP contribution in [-0.4, -0.2) is 92.0 Å². The summed E-state index contributed by atoms with van der Waals surface area (Å²) in [5, 5.41) is 12.7. The Hall–Kier alpha value is -4.56. The lowest BCUT2D eigenvalue weighted by Crippen LogP contribution is -2.56. The first-order chi connectivity index (χ1) is 20.4. The Kier molecular flexibility index (Phi) is 8.08. The zero-order valence-electron chi connectivity index (χ0n) is 23.6. The van der Waals surface area contributed by atoms with E-state index in [9.17, 15) is 29.1 Å². The highest BCUT2D eigenvalue weighted by Gasteiger charge is 2.39. The summed E-state index contributed by atoms with van der Waals surface area (Å²) in [5.74, 6) is -2.12. The minimum atomic E-state index is -1.23. The van der Waals surface area contributed by atoms with Crippen LogP contribution in [0.25, 0.3) is 11.2 Å². The fourth-order valence-corrected chi connectivity index (χ4v) is 5.39. The monoisotopic (exact) mass is 610 g/mol. The summed E-state index contributed by atoms with van der Waals surface area (Å²) in [5.41, 5.74) is 5.50. The number of carbonyl (C=O) groups is 4. The maximum Gasteiger partial charge on any atom is 0.327 e. The summed E-state index contributed by atoms with van der Waals surface area (Å²) in [4.78, 5) is 77.5. The number of pyridine rings is 1. The maximum absolute atomic E-state index is 13.6. The number of aliphatic carboxylic acids is 1. The maximum atomic E-state index is 13.6. The van der Waals surface area contributed by atoms with Gasteiger partial charge in [0.2, 0.25) is 5.91 Å². The number of amides is 4. The molecular formula is C28H31ClN8O6. The Morgan fingerprint density at radius 3 is 2.47 bits per heavy atom. The number of nitrogens with two attached hydrogens (primary N) is 1. The Morgan fingerprint density at radius 2 is 1.84 bits per heavy atom. The summed E-state index contributed by atoms with van der Waals surface area (Å²) in [6.45, 7) is 4.85. The molecule has 3 aromatic rings. The molecule has 15 heteroatoms. The first-order valence-electron chi connectivity index (χ1n) is 13.6. The van der Waals surface area contributed by atoms with Gasteiger partial charge in [-0.25, -0.2) is 19.6 Å². The average molecular weight is 611 g/mol. The highest BCUT2D eigenvalue weighted by molar-refractivity contribution is 6.30. The number of nitrogens with zero attached hydrogens (tertiary/aromatic N) is 6. The highest BCUT2D eigenvalue weighted by Crippen LogP contribution is 2.29. The Morgan fingerprint density at radius 1 is 1.14 bits per heavy atom. The minimum absolute atomic E-state index is 0.0273. The smallest absolute Gasteiger partial charge is 0.327 e. The topological polar surface area (TPSA) is 184 Å². The van der Waals surface area contributed by atoms with Crippen LogP contribution in [0.3, 0.4) is 0 Å². The van der Waals surface area contributed by atoms with Crippen LogP contribution in [0.2, 0.25) is 5.02 Å². The molecule has 14 nitrogen and oxygen atoms in total. The number of hydrogen-bond donors (Lipinski definition) is 3. The van der Waals surface area contributed by atoms with E-state index in [1.165, 1.54) is 17.2 Å². The van der Waals surface area contributed by atoms with Gasteiger partial charge in [0.05, 0.1) is 6.20 Å². The van der Waals surface area contributed by atoms with E-state index in [0.29, 0.717) is 18.1 Å². The van der Waals surface area contributed by atoms with Crippen LogP contribution in [0.15, 0.2) is 41.3 Å². The molecule has 1 atom stereocenters. The fraction of sp³-hybridized carbons (Fsp3) is 0.393. The zero-order valence-corrected chi connectivity index (χ0v) is 24.4. The summed E-state index contributed by atoms with van der Waals surface area (Å²) in [6, 6.07) is 6.29. The number of likely N-dealkylation sites (tertiary alicyclic amines) is 1. The Labute approximate surface area is 251 Å². The number of carboxylic acid groups (broad SMARTS) is 1. The van der Waals surface area contributed by atoms with Crippen molar-refractivity contribution in [3.05, 3.63) is 63.0 Å². The number of urea groups is 1. The van der Waals surface area contributed by atoms with Gasteiger partial charge in [0.15, 0.2) is 11.5 Å². The highest BCUT2D eigenvalue weighted by atomic mass is 35.5. The first kappa shape index (κ1) is 29.9. The van der Waals surface area contributed by atoms with Gasteiger partial charge in [-0.2, -0.15) is 0 Å². The molecule has 0 bridgehead atoms.